The van der Waals surface area contributed by atoms with Crippen LogP contribution >= 0.6 is 0 Å². The van der Waals surface area contributed by atoms with Crippen LogP contribution in [0.1, 0.15) is 23.1 Å². The zero-order valence-corrected chi connectivity index (χ0v) is 10.9. The molecule has 2 heterocycles. The van der Waals surface area contributed by atoms with Crippen molar-refractivity contribution in [2.75, 3.05) is 0 Å². The van der Waals surface area contributed by atoms with Crippen LogP contribution in [0.3, 0.4) is 0 Å². The molecule has 102 valence electrons. The molecule has 0 saturated heterocycles. The number of aryl methyl sites for hydroxylation is 1. The first kappa shape index (κ1) is 12.8. The first-order valence-corrected chi connectivity index (χ1v) is 6.25. The third kappa shape index (κ3) is 2.17. The molecule has 20 heavy (non-hydrogen) atoms. The summed E-state index contributed by atoms with van der Waals surface area (Å²) in [6.07, 6.45) is 1.71. The van der Waals surface area contributed by atoms with Gasteiger partial charge in [0, 0.05) is 11.6 Å². The van der Waals surface area contributed by atoms with Crippen LogP contribution in [-0.2, 0) is 0 Å². The van der Waals surface area contributed by atoms with Gasteiger partial charge in [-0.25, -0.2) is 9.82 Å². The molecule has 0 amide bonds. The van der Waals surface area contributed by atoms with Crippen LogP contribution < -0.4 is 11.3 Å². The maximum atomic E-state index is 13.7. The Hall–Kier alpha value is -2.24. The van der Waals surface area contributed by atoms with Crippen LogP contribution in [0.15, 0.2) is 47.0 Å². The van der Waals surface area contributed by atoms with E-state index in [1.165, 1.54) is 6.07 Å². The fraction of sp³-hybridized carbons (Fsp3) is 0.133. The average Bonchev–Trinajstić information content (AvgIpc) is 2.85. The van der Waals surface area contributed by atoms with Gasteiger partial charge in [0.15, 0.2) is 11.4 Å². The van der Waals surface area contributed by atoms with Gasteiger partial charge in [0.05, 0.1) is 5.69 Å². The SMILES string of the molecule is Cc1ccnc(C(NN)c2cc3cccc(F)c3o2)c1. The number of hydrazine groups is 1. The summed E-state index contributed by atoms with van der Waals surface area (Å²) >= 11 is 0. The summed E-state index contributed by atoms with van der Waals surface area (Å²) in [6.45, 7) is 1.97. The minimum absolute atomic E-state index is 0.232. The summed E-state index contributed by atoms with van der Waals surface area (Å²) in [7, 11) is 0. The molecule has 4 nitrogen and oxygen atoms in total. The second-order valence-corrected chi connectivity index (χ2v) is 4.66. The number of halogens is 1. The summed E-state index contributed by atoms with van der Waals surface area (Å²) in [4.78, 5) is 4.28. The molecule has 3 N–H and O–H groups in total. The fourth-order valence-corrected chi connectivity index (χ4v) is 2.22. The van der Waals surface area contributed by atoms with Crippen molar-refractivity contribution in [1.29, 1.82) is 0 Å². The molecule has 3 rings (SSSR count). The summed E-state index contributed by atoms with van der Waals surface area (Å²) in [6, 6.07) is 9.97. The molecular weight excluding hydrogens is 257 g/mol. The van der Waals surface area contributed by atoms with E-state index in [0.29, 0.717) is 11.1 Å². The molecule has 3 aromatic rings. The van der Waals surface area contributed by atoms with Gasteiger partial charge in [0.2, 0.25) is 0 Å². The molecule has 1 atom stereocenters. The second kappa shape index (κ2) is 5.03. The number of nitrogens with two attached hydrogens (primary N) is 1. The molecule has 1 unspecified atom stereocenters. The van der Waals surface area contributed by atoms with Gasteiger partial charge >= 0.3 is 0 Å². The van der Waals surface area contributed by atoms with E-state index in [1.807, 2.05) is 19.1 Å². The summed E-state index contributed by atoms with van der Waals surface area (Å²) in [5.74, 6) is 5.75. The Bertz CT molecular complexity index is 754. The highest BCUT2D eigenvalue weighted by molar-refractivity contribution is 5.78. The molecule has 2 aromatic heterocycles. The van der Waals surface area contributed by atoms with E-state index in [1.54, 1.807) is 24.4 Å². The summed E-state index contributed by atoms with van der Waals surface area (Å²) < 4.78 is 19.3. The van der Waals surface area contributed by atoms with Crippen molar-refractivity contribution >= 4 is 11.0 Å². The Labute approximate surface area is 115 Å². The van der Waals surface area contributed by atoms with Gasteiger partial charge in [0.25, 0.3) is 0 Å². The van der Waals surface area contributed by atoms with Gasteiger partial charge in [-0.3, -0.25) is 10.8 Å². The molecule has 0 aliphatic rings. The summed E-state index contributed by atoms with van der Waals surface area (Å²) in [5.41, 5.74) is 4.69. The number of para-hydroxylation sites is 1. The fourth-order valence-electron chi connectivity index (χ4n) is 2.22. The molecule has 5 heteroatoms. The van der Waals surface area contributed by atoms with Crippen LogP contribution in [0, 0.1) is 12.7 Å². The zero-order valence-electron chi connectivity index (χ0n) is 10.9. The molecule has 1 aromatic carbocycles. The Kier molecular flexibility index (Phi) is 3.22. The van der Waals surface area contributed by atoms with E-state index < -0.39 is 6.04 Å². The van der Waals surface area contributed by atoms with Crippen molar-refractivity contribution in [3.05, 3.63) is 65.4 Å². The smallest absolute Gasteiger partial charge is 0.169 e. The highest BCUT2D eigenvalue weighted by atomic mass is 19.1. The van der Waals surface area contributed by atoms with Crippen LogP contribution in [0.5, 0.6) is 0 Å². The van der Waals surface area contributed by atoms with E-state index in [2.05, 4.69) is 10.4 Å². The Morgan fingerprint density at radius 1 is 1.30 bits per heavy atom. The van der Waals surface area contributed by atoms with Gasteiger partial charge in [-0.15, -0.1) is 0 Å². The number of hydrogen-bond acceptors (Lipinski definition) is 4. The maximum Gasteiger partial charge on any atom is 0.169 e. The lowest BCUT2D eigenvalue weighted by molar-refractivity contribution is 0.460. The number of furan rings is 1. The van der Waals surface area contributed by atoms with Gasteiger partial charge in [-0.05, 0) is 36.8 Å². The number of fused-ring (bicyclic) bond motifs is 1. The van der Waals surface area contributed by atoms with Crippen LogP contribution in [0.2, 0.25) is 0 Å². The molecule has 0 aliphatic heterocycles. The quantitative estimate of drug-likeness (QED) is 0.568. The van der Waals surface area contributed by atoms with Crippen LogP contribution in [0.4, 0.5) is 4.39 Å². The van der Waals surface area contributed by atoms with Crippen molar-refractivity contribution in [3.8, 4) is 0 Å². The van der Waals surface area contributed by atoms with Gasteiger partial charge < -0.3 is 4.42 Å². The van der Waals surface area contributed by atoms with E-state index in [9.17, 15) is 4.39 Å². The highest BCUT2D eigenvalue weighted by Gasteiger charge is 2.19. The monoisotopic (exact) mass is 271 g/mol. The normalized spacial score (nSPS) is 12.8. The molecule has 0 radical (unpaired) electrons. The standard InChI is InChI=1S/C15H14FN3O/c1-9-5-6-18-12(7-9)14(19-17)13-8-10-3-2-4-11(16)15(10)20-13/h2-8,14,19H,17H2,1H3. The lowest BCUT2D eigenvalue weighted by Crippen LogP contribution is -2.29. The van der Waals surface area contributed by atoms with Crippen molar-refractivity contribution in [2.45, 2.75) is 13.0 Å². The predicted molar refractivity (Wildman–Crippen MR) is 74.3 cm³/mol. The van der Waals surface area contributed by atoms with Crippen LogP contribution in [-0.4, -0.2) is 4.98 Å². The molecule has 0 fully saturated rings. The lowest BCUT2D eigenvalue weighted by atomic mass is 10.1. The first-order valence-electron chi connectivity index (χ1n) is 6.25. The van der Waals surface area contributed by atoms with Crippen molar-refractivity contribution in [1.82, 2.24) is 10.4 Å². The predicted octanol–water partition coefficient (Wildman–Crippen LogP) is 2.83. The van der Waals surface area contributed by atoms with E-state index >= 15 is 0 Å². The minimum Gasteiger partial charge on any atom is -0.456 e. The topological polar surface area (TPSA) is 64.1 Å². The molecule has 0 saturated carbocycles. The molecule has 0 bridgehead atoms. The third-order valence-corrected chi connectivity index (χ3v) is 3.20. The summed E-state index contributed by atoms with van der Waals surface area (Å²) in [5, 5.41) is 0.702. The maximum absolute atomic E-state index is 13.7. The van der Waals surface area contributed by atoms with Crippen molar-refractivity contribution < 1.29 is 8.81 Å². The number of benzene rings is 1. The molecular formula is C15H14FN3O. The second-order valence-electron chi connectivity index (χ2n) is 4.66. The number of hydrogen-bond donors (Lipinski definition) is 2. The number of nitrogens with one attached hydrogen (secondary N) is 1. The number of pyridine rings is 1. The van der Waals surface area contributed by atoms with Crippen molar-refractivity contribution in [3.63, 3.8) is 0 Å². The van der Waals surface area contributed by atoms with Gasteiger partial charge in [0.1, 0.15) is 11.8 Å². The van der Waals surface area contributed by atoms with Crippen LogP contribution in [0.25, 0.3) is 11.0 Å². The molecule has 0 spiro atoms. The van der Waals surface area contributed by atoms with E-state index in [0.717, 1.165) is 11.3 Å². The lowest BCUT2D eigenvalue weighted by Gasteiger charge is -2.12. The number of nitrogens with zero attached hydrogens (tertiary/aromatic N) is 1. The largest absolute Gasteiger partial charge is 0.456 e. The Morgan fingerprint density at radius 3 is 2.85 bits per heavy atom. The first-order chi connectivity index (χ1) is 9.69. The molecule has 0 aliphatic carbocycles. The number of rotatable bonds is 3. The van der Waals surface area contributed by atoms with E-state index in [-0.39, 0.29) is 11.4 Å². The number of aromatic nitrogens is 1. The van der Waals surface area contributed by atoms with Gasteiger partial charge in [-0.2, -0.15) is 0 Å². The van der Waals surface area contributed by atoms with E-state index in [4.69, 9.17) is 10.3 Å². The van der Waals surface area contributed by atoms with Gasteiger partial charge in [-0.1, -0.05) is 12.1 Å². The van der Waals surface area contributed by atoms with Crippen molar-refractivity contribution in [2.24, 2.45) is 5.84 Å². The Morgan fingerprint density at radius 2 is 2.15 bits per heavy atom. The Balaban J connectivity index is 2.09. The zero-order chi connectivity index (χ0) is 14.1. The average molecular weight is 271 g/mol. The minimum atomic E-state index is -0.415. The highest BCUT2D eigenvalue weighted by Crippen LogP contribution is 2.28. The third-order valence-electron chi connectivity index (χ3n) is 3.20.